The summed E-state index contributed by atoms with van der Waals surface area (Å²) in [5, 5.41) is 10.0. The molecule has 3 heteroatoms. The molecule has 96 valence electrons. The summed E-state index contributed by atoms with van der Waals surface area (Å²) in [7, 11) is 0. The van der Waals surface area contributed by atoms with E-state index in [0.717, 1.165) is 16.8 Å². The van der Waals surface area contributed by atoms with E-state index in [1.807, 2.05) is 47.9 Å². The number of aromatic nitrogens is 1. The predicted octanol–water partition coefficient (Wildman–Crippen LogP) is 3.17. The SMILES string of the molecule is Cc1cccc(-n2ccc(=O)c3ccccc32)c1C#N. The van der Waals surface area contributed by atoms with E-state index in [9.17, 15) is 10.1 Å². The molecule has 0 saturated carbocycles. The second-order valence-corrected chi connectivity index (χ2v) is 4.65. The topological polar surface area (TPSA) is 45.8 Å². The van der Waals surface area contributed by atoms with Gasteiger partial charge in [0.25, 0.3) is 0 Å². The van der Waals surface area contributed by atoms with Gasteiger partial charge in [0.1, 0.15) is 6.07 Å². The molecule has 0 radical (unpaired) electrons. The van der Waals surface area contributed by atoms with Gasteiger partial charge in [0.05, 0.1) is 16.8 Å². The Morgan fingerprint density at radius 3 is 2.65 bits per heavy atom. The number of nitriles is 1. The molecular formula is C17H12N2O. The van der Waals surface area contributed by atoms with Crippen LogP contribution in [0.2, 0.25) is 0 Å². The molecule has 0 fully saturated rings. The number of hydrogen-bond donors (Lipinski definition) is 0. The van der Waals surface area contributed by atoms with Crippen molar-refractivity contribution in [1.82, 2.24) is 4.57 Å². The molecule has 2 aromatic carbocycles. The zero-order valence-electron chi connectivity index (χ0n) is 11.0. The van der Waals surface area contributed by atoms with E-state index < -0.39 is 0 Å². The van der Waals surface area contributed by atoms with Crippen molar-refractivity contribution in [2.75, 3.05) is 0 Å². The quantitative estimate of drug-likeness (QED) is 0.674. The van der Waals surface area contributed by atoms with Crippen LogP contribution in [0.4, 0.5) is 0 Å². The van der Waals surface area contributed by atoms with E-state index in [-0.39, 0.29) is 5.43 Å². The van der Waals surface area contributed by atoms with Gasteiger partial charge in [-0.3, -0.25) is 4.79 Å². The summed E-state index contributed by atoms with van der Waals surface area (Å²) in [6.45, 7) is 1.91. The van der Waals surface area contributed by atoms with E-state index in [1.165, 1.54) is 6.07 Å². The number of fused-ring (bicyclic) bond motifs is 1. The van der Waals surface area contributed by atoms with E-state index in [4.69, 9.17) is 0 Å². The van der Waals surface area contributed by atoms with Crippen LogP contribution in [0, 0.1) is 18.3 Å². The van der Waals surface area contributed by atoms with Gasteiger partial charge in [0, 0.05) is 17.6 Å². The largest absolute Gasteiger partial charge is 0.315 e. The molecule has 1 aromatic heterocycles. The van der Waals surface area contributed by atoms with Gasteiger partial charge in [-0.2, -0.15) is 5.26 Å². The Morgan fingerprint density at radius 2 is 1.85 bits per heavy atom. The van der Waals surface area contributed by atoms with E-state index in [1.54, 1.807) is 12.3 Å². The van der Waals surface area contributed by atoms with Gasteiger partial charge in [-0.05, 0) is 30.7 Å². The molecule has 0 aliphatic rings. The van der Waals surface area contributed by atoms with Crippen LogP contribution in [0.25, 0.3) is 16.6 Å². The fraction of sp³-hybridized carbons (Fsp3) is 0.0588. The number of aryl methyl sites for hydroxylation is 1. The van der Waals surface area contributed by atoms with Crippen LogP contribution >= 0.6 is 0 Å². The normalized spacial score (nSPS) is 10.4. The van der Waals surface area contributed by atoms with Gasteiger partial charge in [-0.15, -0.1) is 0 Å². The molecule has 0 unspecified atom stereocenters. The third-order valence-corrected chi connectivity index (χ3v) is 3.43. The first-order valence-corrected chi connectivity index (χ1v) is 6.33. The second kappa shape index (κ2) is 4.67. The molecule has 0 bridgehead atoms. The highest BCUT2D eigenvalue weighted by Crippen LogP contribution is 2.21. The van der Waals surface area contributed by atoms with Crippen molar-refractivity contribution in [1.29, 1.82) is 5.26 Å². The molecule has 3 rings (SSSR count). The molecule has 0 amide bonds. The highest BCUT2D eigenvalue weighted by atomic mass is 16.1. The highest BCUT2D eigenvalue weighted by molar-refractivity contribution is 5.81. The lowest BCUT2D eigenvalue weighted by atomic mass is 10.1. The van der Waals surface area contributed by atoms with Crippen LogP contribution < -0.4 is 5.43 Å². The third kappa shape index (κ3) is 1.79. The Kier molecular flexibility index (Phi) is 2.85. The number of rotatable bonds is 1. The summed E-state index contributed by atoms with van der Waals surface area (Å²) < 4.78 is 1.89. The summed E-state index contributed by atoms with van der Waals surface area (Å²) in [4.78, 5) is 11.9. The monoisotopic (exact) mass is 260 g/mol. The minimum absolute atomic E-state index is 0.0111. The van der Waals surface area contributed by atoms with Crippen LogP contribution in [0.5, 0.6) is 0 Å². The van der Waals surface area contributed by atoms with Crippen molar-refractivity contribution in [3.8, 4) is 11.8 Å². The molecule has 0 N–H and O–H groups in total. The fourth-order valence-corrected chi connectivity index (χ4v) is 2.41. The van der Waals surface area contributed by atoms with Crippen LogP contribution in [-0.2, 0) is 0 Å². The van der Waals surface area contributed by atoms with E-state index >= 15 is 0 Å². The zero-order valence-corrected chi connectivity index (χ0v) is 11.0. The Hall–Kier alpha value is -2.86. The maximum Gasteiger partial charge on any atom is 0.189 e. The number of nitrogens with zero attached hydrogens (tertiary/aromatic N) is 2. The fourth-order valence-electron chi connectivity index (χ4n) is 2.41. The zero-order chi connectivity index (χ0) is 14.1. The van der Waals surface area contributed by atoms with Crippen LogP contribution in [0.15, 0.2) is 59.5 Å². The number of hydrogen-bond acceptors (Lipinski definition) is 2. The third-order valence-electron chi connectivity index (χ3n) is 3.43. The molecule has 0 spiro atoms. The molecule has 3 aromatic rings. The molecular weight excluding hydrogens is 248 g/mol. The van der Waals surface area contributed by atoms with E-state index in [0.29, 0.717) is 10.9 Å². The summed E-state index contributed by atoms with van der Waals surface area (Å²) in [5.41, 5.74) is 3.14. The minimum atomic E-state index is -0.0111. The van der Waals surface area contributed by atoms with Gasteiger partial charge in [0.15, 0.2) is 5.43 Å². The number of pyridine rings is 1. The van der Waals surface area contributed by atoms with Crippen molar-refractivity contribution in [2.24, 2.45) is 0 Å². The van der Waals surface area contributed by atoms with Crippen LogP contribution in [0.3, 0.4) is 0 Å². The van der Waals surface area contributed by atoms with Crippen molar-refractivity contribution in [3.63, 3.8) is 0 Å². The predicted molar refractivity (Wildman–Crippen MR) is 79.0 cm³/mol. The van der Waals surface area contributed by atoms with Gasteiger partial charge < -0.3 is 4.57 Å². The Labute approximate surface area is 116 Å². The number of para-hydroxylation sites is 1. The number of benzene rings is 2. The summed E-state index contributed by atoms with van der Waals surface area (Å²) in [6.07, 6.45) is 1.72. The van der Waals surface area contributed by atoms with Gasteiger partial charge in [-0.1, -0.05) is 24.3 Å². The minimum Gasteiger partial charge on any atom is -0.315 e. The molecule has 20 heavy (non-hydrogen) atoms. The van der Waals surface area contributed by atoms with Crippen molar-refractivity contribution < 1.29 is 0 Å². The summed E-state index contributed by atoms with van der Waals surface area (Å²) >= 11 is 0. The van der Waals surface area contributed by atoms with Gasteiger partial charge in [0.2, 0.25) is 0 Å². The van der Waals surface area contributed by atoms with Crippen molar-refractivity contribution >= 4 is 10.9 Å². The molecule has 3 nitrogen and oxygen atoms in total. The molecule has 1 heterocycles. The smallest absolute Gasteiger partial charge is 0.189 e. The van der Waals surface area contributed by atoms with Crippen molar-refractivity contribution in [3.05, 3.63) is 76.1 Å². The summed E-state index contributed by atoms with van der Waals surface area (Å²) in [6, 6.07) is 16.9. The maximum absolute atomic E-state index is 11.9. The lowest BCUT2D eigenvalue weighted by molar-refractivity contribution is 1.08. The molecule has 0 atom stereocenters. The van der Waals surface area contributed by atoms with E-state index in [2.05, 4.69) is 6.07 Å². The van der Waals surface area contributed by atoms with Crippen LogP contribution in [-0.4, -0.2) is 4.57 Å². The molecule has 0 saturated heterocycles. The first-order valence-electron chi connectivity index (χ1n) is 6.33. The Bertz CT molecular complexity index is 901. The average molecular weight is 260 g/mol. The maximum atomic E-state index is 11.9. The molecule has 0 aliphatic carbocycles. The second-order valence-electron chi connectivity index (χ2n) is 4.65. The van der Waals surface area contributed by atoms with Gasteiger partial charge >= 0.3 is 0 Å². The standard InChI is InChI=1S/C17H12N2O/c1-12-5-4-8-16(14(12)11-18)19-10-9-17(20)13-6-2-3-7-15(13)19/h2-10H,1H3. The Balaban J connectivity index is 2.43. The first kappa shape index (κ1) is 12.2. The lowest BCUT2D eigenvalue weighted by Gasteiger charge is -2.13. The summed E-state index contributed by atoms with van der Waals surface area (Å²) in [5.74, 6) is 0. The first-order chi connectivity index (χ1) is 9.72. The molecule has 0 aliphatic heterocycles. The van der Waals surface area contributed by atoms with Crippen molar-refractivity contribution in [2.45, 2.75) is 6.92 Å². The average Bonchev–Trinajstić information content (AvgIpc) is 2.48. The van der Waals surface area contributed by atoms with Crippen LogP contribution in [0.1, 0.15) is 11.1 Å². The Morgan fingerprint density at radius 1 is 1.05 bits per heavy atom. The lowest BCUT2D eigenvalue weighted by Crippen LogP contribution is -2.07. The highest BCUT2D eigenvalue weighted by Gasteiger charge is 2.09. The van der Waals surface area contributed by atoms with Gasteiger partial charge in [-0.25, -0.2) is 0 Å².